The number of nitrogens with one attached hydrogen (secondary N) is 1. The predicted octanol–water partition coefficient (Wildman–Crippen LogP) is 5.19. The molecule has 6 heterocycles. The Kier molecular flexibility index (Phi) is 9.08. The first-order chi connectivity index (χ1) is 23.2. The first-order valence-corrected chi connectivity index (χ1v) is 17.9. The number of aromatic nitrogens is 4. The van der Waals surface area contributed by atoms with Gasteiger partial charge in [0.25, 0.3) is 0 Å². The lowest BCUT2D eigenvalue weighted by atomic mass is 9.94. The number of nitrogen functional groups attached to an aromatic ring is 1. The molecule has 47 heavy (non-hydrogen) atoms. The van der Waals surface area contributed by atoms with E-state index in [-0.39, 0.29) is 0 Å². The second-order valence-electron chi connectivity index (χ2n) is 14.0. The molecule has 4 fully saturated rings. The number of ether oxygens (including phenoxy) is 1. The van der Waals surface area contributed by atoms with Gasteiger partial charge in [0.15, 0.2) is 5.65 Å². The fourth-order valence-corrected chi connectivity index (χ4v) is 8.66. The monoisotopic (exact) mass is 635 g/mol. The second kappa shape index (κ2) is 13.9. The molecule has 0 aliphatic carbocycles. The van der Waals surface area contributed by atoms with Crippen LogP contribution in [0.15, 0.2) is 60.9 Å². The zero-order chi connectivity index (χ0) is 31.6. The van der Waals surface area contributed by atoms with Gasteiger partial charge in [0, 0.05) is 36.8 Å². The van der Waals surface area contributed by atoms with E-state index < -0.39 is 0 Å². The number of anilines is 1. The summed E-state index contributed by atoms with van der Waals surface area (Å²) in [5, 5.41) is 9.51. The van der Waals surface area contributed by atoms with Gasteiger partial charge in [0.1, 0.15) is 29.3 Å². The van der Waals surface area contributed by atoms with Crippen molar-refractivity contribution in [3.8, 4) is 22.8 Å². The molecule has 4 saturated heterocycles. The molecule has 0 saturated carbocycles. The Bertz CT molecular complexity index is 1600. The maximum absolute atomic E-state index is 6.45. The van der Waals surface area contributed by atoms with Crippen molar-refractivity contribution in [3.63, 3.8) is 0 Å². The summed E-state index contributed by atoms with van der Waals surface area (Å²) >= 11 is 0. The molecule has 2 aromatic carbocycles. The van der Waals surface area contributed by atoms with Crippen LogP contribution in [0.5, 0.6) is 11.5 Å². The Labute approximate surface area is 278 Å². The predicted molar refractivity (Wildman–Crippen MR) is 187 cm³/mol. The van der Waals surface area contributed by atoms with Gasteiger partial charge in [-0.25, -0.2) is 14.6 Å². The molecule has 0 atom stereocenters. The lowest BCUT2D eigenvalue weighted by molar-refractivity contribution is 0.0321. The molecule has 3 N–H and O–H groups in total. The lowest BCUT2D eigenvalue weighted by Crippen LogP contribution is -2.54. The van der Waals surface area contributed by atoms with Gasteiger partial charge in [-0.15, -0.1) is 0 Å². The van der Waals surface area contributed by atoms with Crippen LogP contribution in [-0.2, 0) is 0 Å². The van der Waals surface area contributed by atoms with Crippen LogP contribution in [0.3, 0.4) is 0 Å². The van der Waals surface area contributed by atoms with E-state index >= 15 is 0 Å². The number of nitrogens with zero attached hydrogens (tertiary/aromatic N) is 7. The Morgan fingerprint density at radius 3 is 1.74 bits per heavy atom. The van der Waals surface area contributed by atoms with Crippen molar-refractivity contribution < 1.29 is 4.74 Å². The molecule has 4 aromatic rings. The molecule has 2 aromatic heterocycles. The van der Waals surface area contributed by atoms with E-state index in [9.17, 15) is 0 Å². The number of nitrogens with two attached hydrogens (primary N) is 1. The van der Waals surface area contributed by atoms with Crippen molar-refractivity contribution in [1.29, 1.82) is 0 Å². The number of rotatable bonds is 7. The summed E-state index contributed by atoms with van der Waals surface area (Å²) in [4.78, 5) is 17.4. The molecule has 0 bridgehead atoms. The van der Waals surface area contributed by atoms with Crippen molar-refractivity contribution in [2.24, 2.45) is 0 Å². The molecule has 0 spiro atoms. The van der Waals surface area contributed by atoms with E-state index in [0.29, 0.717) is 17.9 Å². The third-order valence-corrected chi connectivity index (χ3v) is 11.3. The highest BCUT2D eigenvalue weighted by atomic mass is 16.5. The summed E-state index contributed by atoms with van der Waals surface area (Å²) < 4.78 is 8.15. The minimum Gasteiger partial charge on any atom is -0.457 e. The van der Waals surface area contributed by atoms with E-state index in [0.717, 1.165) is 71.8 Å². The molecule has 8 rings (SSSR count). The van der Waals surface area contributed by atoms with Crippen LogP contribution in [0.1, 0.15) is 57.4 Å². The molecule has 10 heteroatoms. The van der Waals surface area contributed by atoms with Crippen molar-refractivity contribution in [3.05, 3.63) is 60.9 Å². The lowest BCUT2D eigenvalue weighted by Gasteiger charge is -2.46. The highest BCUT2D eigenvalue weighted by Crippen LogP contribution is 2.36. The summed E-state index contributed by atoms with van der Waals surface area (Å²) in [6, 6.07) is 20.5. The summed E-state index contributed by atoms with van der Waals surface area (Å²) in [6.07, 6.45) is 11.6. The summed E-state index contributed by atoms with van der Waals surface area (Å²) in [5.41, 5.74) is 9.09. The van der Waals surface area contributed by atoms with Gasteiger partial charge in [-0.05, 0) is 127 Å². The number of para-hydroxylation sites is 1. The van der Waals surface area contributed by atoms with Crippen molar-refractivity contribution in [2.75, 3.05) is 58.1 Å². The van der Waals surface area contributed by atoms with E-state index in [1.807, 2.05) is 54.6 Å². The normalized spacial score (nSPS) is 22.2. The van der Waals surface area contributed by atoms with E-state index in [1.165, 1.54) is 77.8 Å². The van der Waals surface area contributed by atoms with Crippen LogP contribution >= 0.6 is 0 Å². The molecule has 248 valence electrons. The summed E-state index contributed by atoms with van der Waals surface area (Å²) in [7, 11) is 0. The maximum atomic E-state index is 6.45. The van der Waals surface area contributed by atoms with Gasteiger partial charge in [0.05, 0.1) is 11.4 Å². The van der Waals surface area contributed by atoms with Gasteiger partial charge >= 0.3 is 0 Å². The minimum absolute atomic E-state index is 0.294. The van der Waals surface area contributed by atoms with E-state index in [1.54, 1.807) is 6.33 Å². The first-order valence-electron chi connectivity index (χ1n) is 17.9. The molecular weight excluding hydrogens is 586 g/mol. The van der Waals surface area contributed by atoms with Crippen LogP contribution in [0.2, 0.25) is 0 Å². The zero-order valence-electron chi connectivity index (χ0n) is 27.5. The SMILES string of the molecule is Nc1ncnc2c1c(-c1ccc(Oc3ccccc3)cc1)nn2C1CCN(C2CCN(C3CCN(C4CCNCC4)CC3)CC2)CC1. The smallest absolute Gasteiger partial charge is 0.164 e. The van der Waals surface area contributed by atoms with Gasteiger partial charge < -0.3 is 30.5 Å². The van der Waals surface area contributed by atoms with Crippen LogP contribution < -0.4 is 15.8 Å². The largest absolute Gasteiger partial charge is 0.457 e. The highest BCUT2D eigenvalue weighted by molar-refractivity contribution is 5.98. The van der Waals surface area contributed by atoms with Crippen LogP contribution in [0, 0.1) is 0 Å². The van der Waals surface area contributed by atoms with Gasteiger partial charge in [-0.2, -0.15) is 5.10 Å². The van der Waals surface area contributed by atoms with Gasteiger partial charge in [0.2, 0.25) is 0 Å². The molecule has 4 aliphatic rings. The minimum atomic E-state index is 0.294. The van der Waals surface area contributed by atoms with E-state index in [4.69, 9.17) is 15.6 Å². The number of likely N-dealkylation sites (tertiary alicyclic amines) is 3. The Balaban J connectivity index is 0.877. The average molecular weight is 636 g/mol. The standard InChI is InChI=1S/C37H49N9O/c38-36-34-35(27-6-8-33(9-7-27)47-32-4-2-1-3-5-32)42-46(37(34)41-26-40-36)31-16-24-45(25-17-31)30-14-22-44(23-15-30)29-12-20-43(21-13-29)28-10-18-39-19-11-28/h1-9,26,28-31,39H,10-25H2,(H2,38,40,41). The average Bonchev–Trinajstić information content (AvgIpc) is 3.54. The fourth-order valence-electron chi connectivity index (χ4n) is 8.66. The van der Waals surface area contributed by atoms with Crippen molar-refractivity contribution in [1.82, 2.24) is 39.8 Å². The number of hydrogen-bond donors (Lipinski definition) is 2. The maximum Gasteiger partial charge on any atom is 0.164 e. The molecule has 0 unspecified atom stereocenters. The van der Waals surface area contributed by atoms with Crippen molar-refractivity contribution in [2.45, 2.75) is 75.5 Å². The first kappa shape index (κ1) is 30.7. The van der Waals surface area contributed by atoms with Crippen molar-refractivity contribution >= 4 is 16.9 Å². The fraction of sp³-hybridized carbons (Fsp3) is 0.541. The number of hydrogen-bond acceptors (Lipinski definition) is 9. The summed E-state index contributed by atoms with van der Waals surface area (Å²) in [6.45, 7) is 9.67. The van der Waals surface area contributed by atoms with Gasteiger partial charge in [-0.3, -0.25) is 0 Å². The topological polar surface area (TPSA) is 101 Å². The molecule has 4 aliphatic heterocycles. The van der Waals surface area contributed by atoms with Gasteiger partial charge in [-0.1, -0.05) is 18.2 Å². The van der Waals surface area contributed by atoms with Crippen LogP contribution in [0.25, 0.3) is 22.3 Å². The molecule has 0 amide bonds. The van der Waals surface area contributed by atoms with Crippen LogP contribution in [0.4, 0.5) is 5.82 Å². The Morgan fingerprint density at radius 2 is 1.15 bits per heavy atom. The number of piperidine rings is 4. The molecule has 0 radical (unpaired) electrons. The third-order valence-electron chi connectivity index (χ3n) is 11.3. The number of benzene rings is 2. The highest BCUT2D eigenvalue weighted by Gasteiger charge is 2.34. The van der Waals surface area contributed by atoms with Crippen LogP contribution in [-0.4, -0.2) is 105 Å². The Morgan fingerprint density at radius 1 is 0.617 bits per heavy atom. The molecular formula is C37H49N9O. The quantitative estimate of drug-likeness (QED) is 0.284. The Hall–Kier alpha value is -3.57. The number of fused-ring (bicyclic) bond motifs is 1. The zero-order valence-corrected chi connectivity index (χ0v) is 27.5. The third kappa shape index (κ3) is 6.61. The summed E-state index contributed by atoms with van der Waals surface area (Å²) in [5.74, 6) is 2.07. The molecule has 10 nitrogen and oxygen atoms in total. The second-order valence-corrected chi connectivity index (χ2v) is 14.0. The van der Waals surface area contributed by atoms with E-state index in [2.05, 4.69) is 34.7 Å².